The van der Waals surface area contributed by atoms with Crippen LogP contribution in [0.25, 0.3) is 0 Å². The first-order chi connectivity index (χ1) is 9.88. The van der Waals surface area contributed by atoms with Crippen LogP contribution < -0.4 is 5.73 Å². The number of nitrogens with two attached hydrogens (primary N) is 1. The molecule has 2 rings (SSSR count). The summed E-state index contributed by atoms with van der Waals surface area (Å²) in [4.78, 5) is 15.8. The zero-order chi connectivity index (χ0) is 15.6. The summed E-state index contributed by atoms with van der Waals surface area (Å²) in [5.74, 6) is -4.21. The molecule has 0 radical (unpaired) electrons. The Bertz CT molecular complexity index is 551. The lowest BCUT2D eigenvalue weighted by atomic mass is 10.1. The molecule has 1 fully saturated rings. The maximum Gasteiger partial charge on any atom is 0.259 e. The first kappa shape index (κ1) is 15.7. The highest BCUT2D eigenvalue weighted by molar-refractivity contribution is 7.80. The molecule has 4 nitrogen and oxygen atoms in total. The molecule has 1 aliphatic heterocycles. The topological polar surface area (TPSA) is 49.6 Å². The number of benzene rings is 1. The molecule has 114 valence electrons. The fraction of sp³-hybridized carbons (Fsp3) is 0.385. The van der Waals surface area contributed by atoms with Gasteiger partial charge in [-0.15, -0.1) is 0 Å². The highest BCUT2D eigenvalue weighted by atomic mass is 32.1. The van der Waals surface area contributed by atoms with Gasteiger partial charge in [-0.3, -0.25) is 9.69 Å². The summed E-state index contributed by atoms with van der Waals surface area (Å²) < 4.78 is 40.0. The number of thiocarbonyl (C=S) groups is 1. The van der Waals surface area contributed by atoms with E-state index in [1.807, 2.05) is 4.90 Å². The van der Waals surface area contributed by atoms with E-state index in [-0.39, 0.29) is 0 Å². The normalized spacial score (nSPS) is 16.0. The molecule has 21 heavy (non-hydrogen) atoms. The summed E-state index contributed by atoms with van der Waals surface area (Å²) in [7, 11) is 0. The van der Waals surface area contributed by atoms with Gasteiger partial charge in [0, 0.05) is 44.9 Å². The fourth-order valence-electron chi connectivity index (χ4n) is 2.23. The van der Waals surface area contributed by atoms with Crippen molar-refractivity contribution in [1.29, 1.82) is 0 Å². The second-order valence-electron chi connectivity index (χ2n) is 4.78. The standard InChI is InChI=1S/C13H14F3N3OS/c14-8-5-9(15)12(10(16)6-8)13(20)19-3-1-18(2-4-19)7-11(17)21/h5-6H,1-4,7H2,(H2,17,21). The van der Waals surface area contributed by atoms with E-state index in [1.165, 1.54) is 4.90 Å². The molecular formula is C13H14F3N3OS. The number of piperazine rings is 1. The van der Waals surface area contributed by atoms with Crippen LogP contribution in [0.2, 0.25) is 0 Å². The summed E-state index contributed by atoms with van der Waals surface area (Å²) in [6.07, 6.45) is 0. The van der Waals surface area contributed by atoms with Gasteiger partial charge >= 0.3 is 0 Å². The third-order valence-corrected chi connectivity index (χ3v) is 3.39. The van der Waals surface area contributed by atoms with E-state index < -0.39 is 28.9 Å². The van der Waals surface area contributed by atoms with E-state index >= 15 is 0 Å². The Hall–Kier alpha value is -1.67. The average Bonchev–Trinajstić information content (AvgIpc) is 2.37. The Morgan fingerprint density at radius 2 is 1.67 bits per heavy atom. The summed E-state index contributed by atoms with van der Waals surface area (Å²) in [5, 5.41) is 0. The molecular weight excluding hydrogens is 303 g/mol. The highest BCUT2D eigenvalue weighted by Crippen LogP contribution is 2.18. The first-order valence-corrected chi connectivity index (χ1v) is 6.74. The van der Waals surface area contributed by atoms with Gasteiger partial charge in [-0.1, -0.05) is 12.2 Å². The van der Waals surface area contributed by atoms with Crippen molar-refractivity contribution >= 4 is 23.1 Å². The lowest BCUT2D eigenvalue weighted by Gasteiger charge is -2.34. The molecule has 1 heterocycles. The first-order valence-electron chi connectivity index (χ1n) is 6.33. The number of rotatable bonds is 3. The van der Waals surface area contributed by atoms with Crippen molar-refractivity contribution in [2.75, 3.05) is 32.7 Å². The van der Waals surface area contributed by atoms with Crippen molar-refractivity contribution in [3.63, 3.8) is 0 Å². The molecule has 0 aliphatic carbocycles. The monoisotopic (exact) mass is 317 g/mol. The van der Waals surface area contributed by atoms with E-state index in [0.717, 1.165) is 0 Å². The quantitative estimate of drug-likeness (QED) is 0.850. The molecule has 1 aliphatic rings. The van der Waals surface area contributed by atoms with Gasteiger partial charge in [-0.2, -0.15) is 0 Å². The van der Waals surface area contributed by atoms with Crippen LogP contribution in [0.1, 0.15) is 10.4 Å². The Morgan fingerprint density at radius 3 is 2.14 bits per heavy atom. The molecule has 0 unspecified atom stereocenters. The second kappa shape index (κ2) is 6.40. The Balaban J connectivity index is 2.07. The molecule has 0 spiro atoms. The molecule has 1 aromatic carbocycles. The van der Waals surface area contributed by atoms with Gasteiger partial charge in [0.1, 0.15) is 23.0 Å². The molecule has 2 N–H and O–H groups in total. The van der Waals surface area contributed by atoms with E-state index in [1.54, 1.807) is 0 Å². The molecule has 1 aromatic rings. The van der Waals surface area contributed by atoms with Gasteiger partial charge in [-0.05, 0) is 0 Å². The Labute approximate surface area is 125 Å². The van der Waals surface area contributed by atoms with Crippen LogP contribution in [0.15, 0.2) is 12.1 Å². The predicted octanol–water partition coefficient (Wildman–Crippen LogP) is 1.15. The van der Waals surface area contributed by atoms with E-state index in [9.17, 15) is 18.0 Å². The van der Waals surface area contributed by atoms with Crippen LogP contribution in [-0.4, -0.2) is 53.4 Å². The van der Waals surface area contributed by atoms with E-state index in [2.05, 4.69) is 0 Å². The minimum absolute atomic E-state index is 0.303. The Morgan fingerprint density at radius 1 is 1.14 bits per heavy atom. The van der Waals surface area contributed by atoms with Gasteiger partial charge in [-0.25, -0.2) is 13.2 Å². The predicted molar refractivity (Wildman–Crippen MR) is 75.4 cm³/mol. The van der Waals surface area contributed by atoms with Crippen LogP contribution in [0.4, 0.5) is 13.2 Å². The number of amides is 1. The number of carbonyl (C=O) groups excluding carboxylic acids is 1. The van der Waals surface area contributed by atoms with Crippen LogP contribution in [0, 0.1) is 17.5 Å². The molecule has 1 saturated heterocycles. The maximum atomic E-state index is 13.6. The fourth-order valence-corrected chi connectivity index (χ4v) is 2.42. The second-order valence-corrected chi connectivity index (χ2v) is 5.30. The van der Waals surface area contributed by atoms with E-state index in [4.69, 9.17) is 18.0 Å². The van der Waals surface area contributed by atoms with Crippen molar-refractivity contribution in [3.8, 4) is 0 Å². The summed E-state index contributed by atoms with van der Waals surface area (Å²) >= 11 is 4.80. The summed E-state index contributed by atoms with van der Waals surface area (Å²) in [6.45, 7) is 2.06. The van der Waals surface area contributed by atoms with Crippen molar-refractivity contribution in [2.45, 2.75) is 0 Å². The van der Waals surface area contributed by atoms with Gasteiger partial charge in [0.05, 0.1) is 4.99 Å². The Kier molecular flexibility index (Phi) is 4.79. The summed E-state index contributed by atoms with van der Waals surface area (Å²) in [5.41, 5.74) is 4.71. The SMILES string of the molecule is NC(=S)CN1CCN(C(=O)c2c(F)cc(F)cc2F)CC1. The van der Waals surface area contributed by atoms with Gasteiger partial charge in [0.25, 0.3) is 5.91 Å². The highest BCUT2D eigenvalue weighted by Gasteiger charge is 2.27. The van der Waals surface area contributed by atoms with Crippen LogP contribution in [0.3, 0.4) is 0 Å². The van der Waals surface area contributed by atoms with Gasteiger partial charge in [0.15, 0.2) is 0 Å². The van der Waals surface area contributed by atoms with Crippen LogP contribution in [0.5, 0.6) is 0 Å². The zero-order valence-electron chi connectivity index (χ0n) is 11.1. The molecule has 8 heteroatoms. The lowest BCUT2D eigenvalue weighted by Crippen LogP contribution is -2.50. The molecule has 0 aromatic heterocycles. The number of hydrogen-bond donors (Lipinski definition) is 1. The average molecular weight is 317 g/mol. The molecule has 0 bridgehead atoms. The largest absolute Gasteiger partial charge is 0.392 e. The maximum absolute atomic E-state index is 13.6. The molecule has 0 atom stereocenters. The number of halogens is 3. The molecule has 1 amide bonds. The van der Waals surface area contributed by atoms with Gasteiger partial charge in [0.2, 0.25) is 0 Å². The number of carbonyl (C=O) groups is 1. The number of nitrogens with zero attached hydrogens (tertiary/aromatic N) is 2. The van der Waals surface area contributed by atoms with Crippen molar-refractivity contribution < 1.29 is 18.0 Å². The van der Waals surface area contributed by atoms with Crippen LogP contribution >= 0.6 is 12.2 Å². The van der Waals surface area contributed by atoms with Crippen molar-refractivity contribution in [2.24, 2.45) is 5.73 Å². The summed E-state index contributed by atoms with van der Waals surface area (Å²) in [6, 6.07) is 0.999. The van der Waals surface area contributed by atoms with Crippen molar-refractivity contribution in [1.82, 2.24) is 9.80 Å². The third-order valence-electron chi connectivity index (χ3n) is 3.26. The minimum Gasteiger partial charge on any atom is -0.392 e. The zero-order valence-corrected chi connectivity index (χ0v) is 11.9. The molecule has 0 saturated carbocycles. The van der Waals surface area contributed by atoms with Crippen molar-refractivity contribution in [3.05, 3.63) is 35.1 Å². The van der Waals surface area contributed by atoms with E-state index in [0.29, 0.717) is 49.8 Å². The lowest BCUT2D eigenvalue weighted by molar-refractivity contribution is 0.0644. The van der Waals surface area contributed by atoms with Crippen LogP contribution in [-0.2, 0) is 0 Å². The third kappa shape index (κ3) is 3.70. The number of hydrogen-bond acceptors (Lipinski definition) is 3. The minimum atomic E-state index is -1.19. The van der Waals surface area contributed by atoms with Gasteiger partial charge < -0.3 is 10.6 Å². The smallest absolute Gasteiger partial charge is 0.259 e.